The smallest absolute Gasteiger partial charge is 0.199 e. The fourth-order valence-corrected chi connectivity index (χ4v) is 4.46. The highest BCUT2D eigenvalue weighted by molar-refractivity contribution is 6.15. The van der Waals surface area contributed by atoms with Crippen molar-refractivity contribution in [2.24, 2.45) is 0 Å². The summed E-state index contributed by atoms with van der Waals surface area (Å²) in [7, 11) is 0. The zero-order valence-electron chi connectivity index (χ0n) is 19.8. The lowest BCUT2D eigenvalue weighted by atomic mass is 9.95. The third-order valence-electron chi connectivity index (χ3n) is 6.45. The second-order valence-electron chi connectivity index (χ2n) is 8.97. The number of phenolic OH excluding ortho intramolecular Hbond substituents is 2. The van der Waals surface area contributed by atoms with E-state index in [1.165, 1.54) is 43.5 Å². The molecule has 0 bridgehead atoms. The highest BCUT2D eigenvalue weighted by Crippen LogP contribution is 2.35. The molecule has 1 aromatic heterocycles. The average molecular weight is 485 g/mol. The normalized spacial score (nSPS) is 15.5. The highest BCUT2D eigenvalue weighted by Gasteiger charge is 2.26. The van der Waals surface area contributed by atoms with Crippen molar-refractivity contribution >= 4 is 5.78 Å². The summed E-state index contributed by atoms with van der Waals surface area (Å²) < 4.78 is 11.6. The van der Waals surface area contributed by atoms with Crippen LogP contribution in [0.4, 0.5) is 0 Å². The summed E-state index contributed by atoms with van der Waals surface area (Å²) in [4.78, 5) is 13.7. The van der Waals surface area contributed by atoms with Crippen LogP contribution in [0.15, 0.2) is 77.3 Å². The number of hydrogen-bond acceptors (Lipinski definition) is 7. The molecule has 0 spiro atoms. The molecule has 7 heteroatoms. The van der Waals surface area contributed by atoms with Gasteiger partial charge in [-0.15, -0.1) is 0 Å². The van der Waals surface area contributed by atoms with Gasteiger partial charge in [0.05, 0.1) is 12.2 Å². The van der Waals surface area contributed by atoms with Crippen molar-refractivity contribution < 1.29 is 24.3 Å². The number of phenols is 2. The summed E-state index contributed by atoms with van der Waals surface area (Å²) in [6.45, 7) is 1.69. The summed E-state index contributed by atoms with van der Waals surface area (Å²) >= 11 is 0. The Hall–Kier alpha value is -4.10. The predicted molar refractivity (Wildman–Crippen MR) is 136 cm³/mol. The molecule has 1 atom stereocenters. The first kappa shape index (κ1) is 23.6. The Bertz CT molecular complexity index is 1240. The van der Waals surface area contributed by atoms with Gasteiger partial charge in [-0.2, -0.15) is 0 Å². The van der Waals surface area contributed by atoms with Crippen molar-refractivity contribution in [3.63, 3.8) is 0 Å². The molecule has 1 aliphatic rings. The lowest BCUT2D eigenvalue weighted by Gasteiger charge is -2.23. The molecule has 4 aromatic rings. The Morgan fingerprint density at radius 1 is 0.917 bits per heavy atom. The van der Waals surface area contributed by atoms with Crippen molar-refractivity contribution in [2.75, 3.05) is 13.2 Å². The summed E-state index contributed by atoms with van der Waals surface area (Å²) in [6.07, 6.45) is 4.63. The van der Waals surface area contributed by atoms with Crippen molar-refractivity contribution in [1.82, 2.24) is 10.5 Å². The average Bonchev–Trinajstić information content (AvgIpc) is 3.35. The Morgan fingerprint density at radius 2 is 1.58 bits per heavy atom. The minimum Gasteiger partial charge on any atom is -0.508 e. The van der Waals surface area contributed by atoms with Crippen molar-refractivity contribution in [3.8, 4) is 39.8 Å². The number of hydrogen-bond donors (Lipinski definition) is 3. The van der Waals surface area contributed by atoms with E-state index in [1.807, 2.05) is 0 Å². The largest absolute Gasteiger partial charge is 0.508 e. The molecule has 1 aliphatic heterocycles. The molecule has 7 nitrogen and oxygen atoms in total. The van der Waals surface area contributed by atoms with E-state index in [9.17, 15) is 15.0 Å². The number of piperidine rings is 1. The minimum absolute atomic E-state index is 0.111. The van der Waals surface area contributed by atoms with Gasteiger partial charge < -0.3 is 24.8 Å². The predicted octanol–water partition coefficient (Wildman–Crippen LogP) is 5.56. The summed E-state index contributed by atoms with van der Waals surface area (Å²) in [6, 6.07) is 20.4. The number of carbonyl (C=O) groups is 1. The van der Waals surface area contributed by atoms with Crippen LogP contribution in [0.1, 0.15) is 41.6 Å². The van der Waals surface area contributed by atoms with Gasteiger partial charge in [0.2, 0.25) is 0 Å². The van der Waals surface area contributed by atoms with Crippen LogP contribution in [0.25, 0.3) is 22.6 Å². The molecule has 0 radical (unpaired) electrons. The zero-order valence-corrected chi connectivity index (χ0v) is 19.8. The Balaban J connectivity index is 1.40. The maximum atomic E-state index is 13.7. The third-order valence-corrected chi connectivity index (χ3v) is 6.45. The van der Waals surface area contributed by atoms with Crippen molar-refractivity contribution in [2.45, 2.75) is 31.7 Å². The molecular weight excluding hydrogens is 456 g/mol. The number of benzene rings is 3. The monoisotopic (exact) mass is 484 g/mol. The molecule has 5 rings (SSSR count). The second kappa shape index (κ2) is 10.7. The van der Waals surface area contributed by atoms with Gasteiger partial charge in [0, 0.05) is 22.7 Å². The van der Waals surface area contributed by atoms with Crippen LogP contribution in [0.5, 0.6) is 17.2 Å². The molecule has 0 saturated carbocycles. The van der Waals surface area contributed by atoms with Crippen LogP contribution in [0.3, 0.4) is 0 Å². The fraction of sp³-hybridized carbons (Fsp3) is 0.241. The number of ketones is 1. The third kappa shape index (κ3) is 5.26. The Labute approximate surface area is 209 Å². The van der Waals surface area contributed by atoms with Gasteiger partial charge in [0.1, 0.15) is 22.9 Å². The van der Waals surface area contributed by atoms with E-state index in [2.05, 4.69) is 10.5 Å². The molecule has 0 aliphatic carbocycles. The van der Waals surface area contributed by atoms with Crippen molar-refractivity contribution in [1.29, 1.82) is 0 Å². The molecular formula is C29H28N2O5. The number of aromatic nitrogens is 1. The molecule has 3 aromatic carbocycles. The highest BCUT2D eigenvalue weighted by atomic mass is 16.5. The lowest BCUT2D eigenvalue weighted by molar-refractivity contribution is 0.103. The zero-order chi connectivity index (χ0) is 24.9. The van der Waals surface area contributed by atoms with Gasteiger partial charge in [-0.25, -0.2) is 0 Å². The van der Waals surface area contributed by atoms with Gasteiger partial charge in [0.25, 0.3) is 0 Å². The Kier molecular flexibility index (Phi) is 7.00. The van der Waals surface area contributed by atoms with E-state index in [4.69, 9.17) is 9.26 Å². The minimum atomic E-state index is -0.250. The number of rotatable bonds is 8. The van der Waals surface area contributed by atoms with E-state index in [1.54, 1.807) is 48.5 Å². The fourth-order valence-electron chi connectivity index (χ4n) is 4.46. The van der Waals surface area contributed by atoms with Crippen LogP contribution < -0.4 is 10.1 Å². The maximum Gasteiger partial charge on any atom is 0.199 e. The maximum absolute atomic E-state index is 13.7. The molecule has 1 fully saturated rings. The SMILES string of the molecule is O=C(c1ccc(OCCC2CCCCN2)cc1)c1c(-c2ccc(O)cc2)noc1-c1ccc(O)cc1. The molecule has 36 heavy (non-hydrogen) atoms. The van der Waals surface area contributed by atoms with Crippen LogP contribution >= 0.6 is 0 Å². The quantitative estimate of drug-likeness (QED) is 0.281. The molecule has 1 unspecified atom stereocenters. The van der Waals surface area contributed by atoms with Gasteiger partial charge in [-0.1, -0.05) is 11.6 Å². The Morgan fingerprint density at radius 3 is 2.22 bits per heavy atom. The summed E-state index contributed by atoms with van der Waals surface area (Å²) in [5.74, 6) is 0.998. The van der Waals surface area contributed by atoms with Crippen LogP contribution in [-0.4, -0.2) is 40.3 Å². The van der Waals surface area contributed by atoms with E-state index in [0.717, 1.165) is 13.0 Å². The van der Waals surface area contributed by atoms with Gasteiger partial charge in [0.15, 0.2) is 11.5 Å². The second-order valence-corrected chi connectivity index (χ2v) is 8.97. The molecule has 184 valence electrons. The first-order valence-electron chi connectivity index (χ1n) is 12.2. The first-order chi connectivity index (χ1) is 17.6. The van der Waals surface area contributed by atoms with E-state index < -0.39 is 0 Å². The van der Waals surface area contributed by atoms with Crippen LogP contribution in [0, 0.1) is 0 Å². The van der Waals surface area contributed by atoms with Gasteiger partial charge in [-0.3, -0.25) is 4.79 Å². The van der Waals surface area contributed by atoms with Gasteiger partial charge >= 0.3 is 0 Å². The molecule has 3 N–H and O–H groups in total. The standard InChI is InChI=1S/C29H28N2O5/c32-23-10-4-19(5-11-23)27-26(29(36-31-27)21-6-12-24(33)13-7-21)28(34)20-8-14-25(15-9-20)35-18-16-22-3-1-2-17-30-22/h4-15,22,30,32-33H,1-3,16-18H2. The van der Waals surface area contributed by atoms with Crippen LogP contribution in [0.2, 0.25) is 0 Å². The van der Waals surface area contributed by atoms with Gasteiger partial charge in [-0.05, 0) is 98.6 Å². The van der Waals surface area contributed by atoms with Crippen LogP contribution in [-0.2, 0) is 0 Å². The topological polar surface area (TPSA) is 105 Å². The number of carbonyl (C=O) groups excluding carboxylic acids is 1. The summed E-state index contributed by atoms with van der Waals surface area (Å²) in [5.41, 5.74) is 2.41. The van der Waals surface area contributed by atoms with E-state index >= 15 is 0 Å². The van der Waals surface area contributed by atoms with Crippen molar-refractivity contribution in [3.05, 3.63) is 83.9 Å². The molecule has 1 saturated heterocycles. The summed E-state index contributed by atoms with van der Waals surface area (Å²) in [5, 5.41) is 27.1. The first-order valence-corrected chi connectivity index (χ1v) is 12.2. The van der Waals surface area contributed by atoms with E-state index in [-0.39, 0.29) is 17.3 Å². The number of nitrogens with zero attached hydrogens (tertiary/aromatic N) is 1. The lowest BCUT2D eigenvalue weighted by Crippen LogP contribution is -2.35. The molecule has 0 amide bonds. The number of aromatic hydroxyl groups is 2. The number of nitrogens with one attached hydrogen (secondary N) is 1. The number of ether oxygens (including phenoxy) is 1. The molecule has 2 heterocycles. The van der Waals surface area contributed by atoms with E-state index in [0.29, 0.717) is 52.1 Å².